The van der Waals surface area contributed by atoms with Crippen molar-refractivity contribution in [1.82, 2.24) is 15.1 Å². The SMILES string of the molecule is Cc1cccc(CNC(=O)C(C)N2C(=O)CCn3nc(C)cc32)c1. The summed E-state index contributed by atoms with van der Waals surface area (Å²) in [7, 11) is 0. The van der Waals surface area contributed by atoms with E-state index in [1.54, 1.807) is 16.5 Å². The zero-order valence-electron chi connectivity index (χ0n) is 14.2. The number of fused-ring (bicyclic) bond motifs is 1. The van der Waals surface area contributed by atoms with Gasteiger partial charge >= 0.3 is 0 Å². The van der Waals surface area contributed by atoms with E-state index < -0.39 is 6.04 Å². The first-order valence-corrected chi connectivity index (χ1v) is 8.15. The van der Waals surface area contributed by atoms with E-state index in [1.165, 1.54) is 0 Å². The van der Waals surface area contributed by atoms with Crippen LogP contribution in [0.15, 0.2) is 30.3 Å². The number of hydrogen-bond acceptors (Lipinski definition) is 3. The maximum atomic E-state index is 12.5. The Bertz CT molecular complexity index is 781. The molecule has 1 unspecified atom stereocenters. The highest BCUT2D eigenvalue weighted by atomic mass is 16.2. The summed E-state index contributed by atoms with van der Waals surface area (Å²) in [6.45, 7) is 6.67. The predicted molar refractivity (Wildman–Crippen MR) is 91.6 cm³/mol. The summed E-state index contributed by atoms with van der Waals surface area (Å²) in [5.74, 6) is 0.486. The van der Waals surface area contributed by atoms with E-state index >= 15 is 0 Å². The van der Waals surface area contributed by atoms with Crippen molar-refractivity contribution in [2.24, 2.45) is 0 Å². The molecule has 0 aliphatic carbocycles. The van der Waals surface area contributed by atoms with Crippen molar-refractivity contribution in [2.45, 2.75) is 46.3 Å². The Morgan fingerprint density at radius 3 is 2.88 bits per heavy atom. The fourth-order valence-corrected chi connectivity index (χ4v) is 3.03. The molecule has 2 amide bonds. The van der Waals surface area contributed by atoms with Crippen LogP contribution in [0.3, 0.4) is 0 Å². The van der Waals surface area contributed by atoms with Crippen molar-refractivity contribution < 1.29 is 9.59 Å². The van der Waals surface area contributed by atoms with Crippen molar-refractivity contribution >= 4 is 17.6 Å². The monoisotopic (exact) mass is 326 g/mol. The smallest absolute Gasteiger partial charge is 0.243 e. The Morgan fingerprint density at radius 1 is 1.33 bits per heavy atom. The molecule has 0 bridgehead atoms. The van der Waals surface area contributed by atoms with Gasteiger partial charge in [-0.1, -0.05) is 29.8 Å². The Morgan fingerprint density at radius 2 is 2.12 bits per heavy atom. The van der Waals surface area contributed by atoms with Crippen molar-refractivity contribution in [2.75, 3.05) is 4.90 Å². The van der Waals surface area contributed by atoms with Crippen LogP contribution in [0.1, 0.15) is 30.2 Å². The van der Waals surface area contributed by atoms with Crippen LogP contribution in [0.5, 0.6) is 0 Å². The van der Waals surface area contributed by atoms with Gasteiger partial charge in [-0.15, -0.1) is 0 Å². The molecule has 6 nitrogen and oxygen atoms in total. The van der Waals surface area contributed by atoms with Crippen LogP contribution < -0.4 is 10.2 Å². The third-order valence-corrected chi connectivity index (χ3v) is 4.25. The number of hydrogen-bond donors (Lipinski definition) is 1. The lowest BCUT2D eigenvalue weighted by Crippen LogP contribution is -2.50. The third-order valence-electron chi connectivity index (χ3n) is 4.25. The summed E-state index contributed by atoms with van der Waals surface area (Å²) in [5, 5.41) is 7.29. The van der Waals surface area contributed by atoms with Gasteiger partial charge in [-0.25, -0.2) is 4.68 Å². The van der Waals surface area contributed by atoms with Gasteiger partial charge in [0.2, 0.25) is 11.8 Å². The molecule has 1 aromatic heterocycles. The van der Waals surface area contributed by atoms with Gasteiger partial charge in [0, 0.05) is 19.0 Å². The van der Waals surface area contributed by atoms with E-state index in [0.717, 1.165) is 16.8 Å². The minimum atomic E-state index is -0.572. The number of nitrogens with one attached hydrogen (secondary N) is 1. The Kier molecular flexibility index (Phi) is 4.38. The second-order valence-corrected chi connectivity index (χ2v) is 6.26. The van der Waals surface area contributed by atoms with E-state index in [2.05, 4.69) is 10.4 Å². The number of aryl methyl sites for hydroxylation is 3. The van der Waals surface area contributed by atoms with Gasteiger partial charge in [-0.2, -0.15) is 5.10 Å². The molecule has 1 N–H and O–H groups in total. The Balaban J connectivity index is 1.72. The number of anilines is 1. The topological polar surface area (TPSA) is 67.2 Å². The molecule has 0 saturated heterocycles. The number of carbonyl (C=O) groups excluding carboxylic acids is 2. The largest absolute Gasteiger partial charge is 0.350 e. The van der Waals surface area contributed by atoms with Gasteiger partial charge in [-0.05, 0) is 26.3 Å². The summed E-state index contributed by atoms with van der Waals surface area (Å²) in [4.78, 5) is 26.4. The minimum Gasteiger partial charge on any atom is -0.350 e. The number of benzene rings is 1. The van der Waals surface area contributed by atoms with E-state index in [9.17, 15) is 9.59 Å². The average molecular weight is 326 g/mol. The fourth-order valence-electron chi connectivity index (χ4n) is 3.03. The van der Waals surface area contributed by atoms with Crippen LogP contribution in [0.4, 0.5) is 5.82 Å². The van der Waals surface area contributed by atoms with Gasteiger partial charge in [0.1, 0.15) is 11.9 Å². The van der Waals surface area contributed by atoms with Crippen molar-refractivity contribution in [1.29, 1.82) is 0 Å². The molecule has 24 heavy (non-hydrogen) atoms. The van der Waals surface area contributed by atoms with Gasteiger partial charge in [0.25, 0.3) is 0 Å². The molecule has 1 aromatic carbocycles. The number of aromatic nitrogens is 2. The maximum Gasteiger partial charge on any atom is 0.243 e. The quantitative estimate of drug-likeness (QED) is 0.934. The number of nitrogens with zero attached hydrogens (tertiary/aromatic N) is 3. The highest BCUT2D eigenvalue weighted by molar-refractivity contribution is 6.00. The molecule has 0 fully saturated rings. The van der Waals surface area contributed by atoms with Crippen LogP contribution >= 0.6 is 0 Å². The molecule has 1 aliphatic rings. The molecule has 126 valence electrons. The zero-order valence-corrected chi connectivity index (χ0v) is 14.2. The first kappa shape index (κ1) is 16.2. The number of carbonyl (C=O) groups is 2. The first-order chi connectivity index (χ1) is 11.5. The number of rotatable bonds is 4. The van der Waals surface area contributed by atoms with E-state index in [0.29, 0.717) is 25.3 Å². The zero-order chi connectivity index (χ0) is 17.3. The molecule has 0 radical (unpaired) electrons. The summed E-state index contributed by atoms with van der Waals surface area (Å²) >= 11 is 0. The van der Waals surface area contributed by atoms with Crippen molar-refractivity contribution in [3.8, 4) is 0 Å². The van der Waals surface area contributed by atoms with Crippen LogP contribution in [0.2, 0.25) is 0 Å². The van der Waals surface area contributed by atoms with Gasteiger partial charge in [-0.3, -0.25) is 14.5 Å². The minimum absolute atomic E-state index is 0.0411. The highest BCUT2D eigenvalue weighted by Crippen LogP contribution is 2.24. The lowest BCUT2D eigenvalue weighted by atomic mass is 10.1. The van der Waals surface area contributed by atoms with Crippen LogP contribution in [0, 0.1) is 13.8 Å². The van der Waals surface area contributed by atoms with E-state index in [1.807, 2.05) is 44.2 Å². The molecule has 2 heterocycles. The lowest BCUT2D eigenvalue weighted by molar-refractivity contribution is -0.126. The molecule has 0 spiro atoms. The Labute approximate surface area is 141 Å². The summed E-state index contributed by atoms with van der Waals surface area (Å²) in [6, 6.07) is 9.27. The molecular formula is C18H22N4O2. The van der Waals surface area contributed by atoms with Crippen molar-refractivity contribution in [3.05, 3.63) is 47.2 Å². The molecule has 6 heteroatoms. The lowest BCUT2D eigenvalue weighted by Gasteiger charge is -2.31. The van der Waals surface area contributed by atoms with Gasteiger partial charge in [0.15, 0.2) is 0 Å². The van der Waals surface area contributed by atoms with E-state index in [-0.39, 0.29) is 11.8 Å². The second-order valence-electron chi connectivity index (χ2n) is 6.26. The predicted octanol–water partition coefficient (Wildman–Crippen LogP) is 1.94. The van der Waals surface area contributed by atoms with Crippen LogP contribution in [0.25, 0.3) is 0 Å². The highest BCUT2D eigenvalue weighted by Gasteiger charge is 2.32. The second kappa shape index (κ2) is 6.47. The Hall–Kier alpha value is -2.63. The summed E-state index contributed by atoms with van der Waals surface area (Å²) in [5.41, 5.74) is 3.04. The average Bonchev–Trinajstić information content (AvgIpc) is 2.92. The molecule has 1 atom stereocenters. The first-order valence-electron chi connectivity index (χ1n) is 8.15. The third kappa shape index (κ3) is 3.18. The summed E-state index contributed by atoms with van der Waals surface area (Å²) in [6.07, 6.45) is 0.365. The van der Waals surface area contributed by atoms with Gasteiger partial charge in [0.05, 0.1) is 12.2 Å². The van der Waals surface area contributed by atoms with Gasteiger partial charge < -0.3 is 5.32 Å². The molecule has 3 rings (SSSR count). The molecule has 2 aromatic rings. The number of amides is 2. The standard InChI is InChI=1S/C18H22N4O2/c1-12-5-4-6-15(9-12)11-19-18(24)14(3)22-16-10-13(2)20-21(16)8-7-17(22)23/h4-6,9-10,14H,7-8,11H2,1-3H3,(H,19,24). The summed E-state index contributed by atoms with van der Waals surface area (Å²) < 4.78 is 1.79. The van der Waals surface area contributed by atoms with E-state index in [4.69, 9.17) is 0 Å². The van der Waals surface area contributed by atoms with Crippen LogP contribution in [-0.2, 0) is 22.7 Å². The molecule has 0 saturated carbocycles. The fraction of sp³-hybridized carbons (Fsp3) is 0.389. The molecule has 1 aliphatic heterocycles. The van der Waals surface area contributed by atoms with Crippen LogP contribution in [-0.4, -0.2) is 27.6 Å². The van der Waals surface area contributed by atoms with Crippen molar-refractivity contribution in [3.63, 3.8) is 0 Å². The molecular weight excluding hydrogens is 304 g/mol. The normalized spacial score (nSPS) is 15.1. The maximum absolute atomic E-state index is 12.5.